The van der Waals surface area contributed by atoms with Crippen LogP contribution in [0.2, 0.25) is 0 Å². The van der Waals surface area contributed by atoms with Gasteiger partial charge in [-0.25, -0.2) is 0 Å². The second-order valence-electron chi connectivity index (χ2n) is 4.00. The van der Waals surface area contributed by atoms with Crippen LogP contribution in [-0.4, -0.2) is 23.9 Å². The van der Waals surface area contributed by atoms with Crippen LogP contribution in [0.4, 0.5) is 0 Å². The second kappa shape index (κ2) is 2.23. The number of rotatable bonds is 0. The maximum absolute atomic E-state index is 11.5. The summed E-state index contributed by atoms with van der Waals surface area (Å²) in [5.74, 6) is 1.38. The molecule has 2 nitrogen and oxygen atoms in total. The molecule has 0 aromatic carbocycles. The average molecular weight is 153 g/mol. The fourth-order valence-electron chi connectivity index (χ4n) is 2.44. The standard InChI is InChI=1S/C9H15NO/c1-6-3-4-7-5-8(6)9(11)10(7)2/h6-8H,3-5H2,1-2H3/t6-,7+,8+/m0/s1. The lowest BCUT2D eigenvalue weighted by atomic mass is 9.81. The van der Waals surface area contributed by atoms with Gasteiger partial charge in [0.1, 0.15) is 0 Å². The zero-order chi connectivity index (χ0) is 8.01. The molecule has 0 radical (unpaired) electrons. The Kier molecular flexibility index (Phi) is 1.44. The summed E-state index contributed by atoms with van der Waals surface area (Å²) in [5.41, 5.74) is 0. The molecule has 62 valence electrons. The Labute approximate surface area is 67.6 Å². The van der Waals surface area contributed by atoms with Gasteiger partial charge in [-0.2, -0.15) is 0 Å². The lowest BCUT2D eigenvalue weighted by Gasteiger charge is -2.23. The average Bonchev–Trinajstić information content (AvgIpc) is 2.24. The molecule has 0 spiro atoms. The van der Waals surface area contributed by atoms with E-state index in [9.17, 15) is 4.79 Å². The van der Waals surface area contributed by atoms with Gasteiger partial charge >= 0.3 is 0 Å². The molecule has 0 N–H and O–H groups in total. The van der Waals surface area contributed by atoms with Crippen LogP contribution < -0.4 is 0 Å². The van der Waals surface area contributed by atoms with Crippen molar-refractivity contribution in [1.29, 1.82) is 0 Å². The van der Waals surface area contributed by atoms with Crippen LogP contribution in [0.25, 0.3) is 0 Å². The summed E-state index contributed by atoms with van der Waals surface area (Å²) in [5, 5.41) is 0. The molecule has 1 heterocycles. The van der Waals surface area contributed by atoms with Gasteiger partial charge in [-0.1, -0.05) is 6.92 Å². The second-order valence-corrected chi connectivity index (χ2v) is 4.00. The summed E-state index contributed by atoms with van der Waals surface area (Å²) in [6.45, 7) is 2.21. The van der Waals surface area contributed by atoms with E-state index in [4.69, 9.17) is 0 Å². The first-order valence-corrected chi connectivity index (χ1v) is 4.47. The third kappa shape index (κ3) is 0.883. The van der Waals surface area contributed by atoms with E-state index in [1.165, 1.54) is 12.8 Å². The molecule has 1 saturated carbocycles. The van der Waals surface area contributed by atoms with Gasteiger partial charge in [-0.3, -0.25) is 4.79 Å². The van der Waals surface area contributed by atoms with Crippen LogP contribution in [-0.2, 0) is 4.79 Å². The lowest BCUT2D eigenvalue weighted by Crippen LogP contribution is -2.27. The third-order valence-electron chi connectivity index (χ3n) is 3.38. The van der Waals surface area contributed by atoms with E-state index in [-0.39, 0.29) is 0 Å². The maximum atomic E-state index is 11.5. The van der Waals surface area contributed by atoms with Crippen LogP contribution in [0.15, 0.2) is 0 Å². The number of carbonyl (C=O) groups is 1. The monoisotopic (exact) mass is 153 g/mol. The fraction of sp³-hybridized carbons (Fsp3) is 0.889. The minimum absolute atomic E-state index is 0.360. The summed E-state index contributed by atoms with van der Waals surface area (Å²) in [6, 6.07) is 0.573. The SMILES string of the molecule is C[C@H]1CC[C@@H]2C[C@H]1C(=O)N2C. The van der Waals surface area contributed by atoms with Crippen LogP contribution in [0.5, 0.6) is 0 Å². The number of amides is 1. The predicted molar refractivity (Wildman–Crippen MR) is 43.1 cm³/mol. The van der Waals surface area contributed by atoms with Gasteiger partial charge in [0, 0.05) is 19.0 Å². The molecule has 2 rings (SSSR count). The normalized spacial score (nSPS) is 43.3. The summed E-state index contributed by atoms with van der Waals surface area (Å²) in [7, 11) is 1.95. The number of likely N-dealkylation sites (tertiary alicyclic amines) is 1. The first-order chi connectivity index (χ1) is 5.20. The molecule has 2 aliphatic rings. The van der Waals surface area contributed by atoms with E-state index in [1.807, 2.05) is 11.9 Å². The molecule has 2 bridgehead atoms. The zero-order valence-corrected chi connectivity index (χ0v) is 7.21. The Bertz CT molecular complexity index is 190. The van der Waals surface area contributed by atoms with Crippen molar-refractivity contribution in [2.24, 2.45) is 11.8 Å². The highest BCUT2D eigenvalue weighted by Gasteiger charge is 2.43. The van der Waals surface area contributed by atoms with Crippen LogP contribution in [0.3, 0.4) is 0 Å². The Balaban J connectivity index is 2.22. The number of hydrogen-bond acceptors (Lipinski definition) is 1. The van der Waals surface area contributed by atoms with Gasteiger partial charge in [0.25, 0.3) is 0 Å². The van der Waals surface area contributed by atoms with E-state index < -0.39 is 0 Å². The molecular weight excluding hydrogens is 138 g/mol. The highest BCUT2D eigenvalue weighted by Crippen LogP contribution is 2.38. The molecule has 2 fully saturated rings. The molecule has 1 aliphatic heterocycles. The van der Waals surface area contributed by atoms with E-state index >= 15 is 0 Å². The van der Waals surface area contributed by atoms with Crippen molar-refractivity contribution in [3.8, 4) is 0 Å². The minimum atomic E-state index is 0.360. The van der Waals surface area contributed by atoms with Gasteiger partial charge in [0.2, 0.25) is 5.91 Å². The van der Waals surface area contributed by atoms with Crippen molar-refractivity contribution in [1.82, 2.24) is 4.90 Å². The van der Waals surface area contributed by atoms with Gasteiger partial charge in [0.15, 0.2) is 0 Å². The Morgan fingerprint density at radius 3 is 2.82 bits per heavy atom. The third-order valence-corrected chi connectivity index (χ3v) is 3.38. The first-order valence-electron chi connectivity index (χ1n) is 4.47. The van der Waals surface area contributed by atoms with Crippen molar-refractivity contribution in [2.45, 2.75) is 32.2 Å². The fourth-order valence-corrected chi connectivity index (χ4v) is 2.44. The Morgan fingerprint density at radius 2 is 2.18 bits per heavy atom. The van der Waals surface area contributed by atoms with Crippen molar-refractivity contribution in [2.75, 3.05) is 7.05 Å². The molecule has 11 heavy (non-hydrogen) atoms. The summed E-state index contributed by atoms with van der Waals surface area (Å²) < 4.78 is 0. The van der Waals surface area contributed by atoms with Gasteiger partial charge in [-0.05, 0) is 25.2 Å². The van der Waals surface area contributed by atoms with E-state index in [1.54, 1.807) is 0 Å². The van der Waals surface area contributed by atoms with E-state index in [0.29, 0.717) is 23.8 Å². The van der Waals surface area contributed by atoms with Crippen molar-refractivity contribution in [3.05, 3.63) is 0 Å². The Hall–Kier alpha value is -0.530. The molecule has 3 atom stereocenters. The van der Waals surface area contributed by atoms with Crippen molar-refractivity contribution in [3.63, 3.8) is 0 Å². The number of fused-ring (bicyclic) bond motifs is 2. The maximum Gasteiger partial charge on any atom is 0.226 e. The van der Waals surface area contributed by atoms with Crippen LogP contribution in [0.1, 0.15) is 26.2 Å². The summed E-state index contributed by atoms with van der Waals surface area (Å²) in [6.07, 6.45) is 3.59. The summed E-state index contributed by atoms with van der Waals surface area (Å²) >= 11 is 0. The quantitative estimate of drug-likeness (QED) is 0.513. The molecule has 0 aromatic heterocycles. The Morgan fingerprint density at radius 1 is 1.45 bits per heavy atom. The molecule has 1 saturated heterocycles. The first kappa shape index (κ1) is 7.14. The zero-order valence-electron chi connectivity index (χ0n) is 7.21. The smallest absolute Gasteiger partial charge is 0.226 e. The number of hydrogen-bond donors (Lipinski definition) is 0. The molecule has 0 unspecified atom stereocenters. The number of nitrogens with zero attached hydrogens (tertiary/aromatic N) is 1. The van der Waals surface area contributed by atoms with E-state index in [0.717, 1.165) is 6.42 Å². The number of carbonyl (C=O) groups excluding carboxylic acids is 1. The van der Waals surface area contributed by atoms with Gasteiger partial charge in [0.05, 0.1) is 0 Å². The predicted octanol–water partition coefficient (Wildman–Crippen LogP) is 1.26. The van der Waals surface area contributed by atoms with E-state index in [2.05, 4.69) is 6.92 Å². The molecule has 0 aromatic rings. The van der Waals surface area contributed by atoms with Crippen LogP contribution >= 0.6 is 0 Å². The highest BCUT2D eigenvalue weighted by molar-refractivity contribution is 5.81. The van der Waals surface area contributed by atoms with Crippen molar-refractivity contribution >= 4 is 5.91 Å². The highest BCUT2D eigenvalue weighted by atomic mass is 16.2. The minimum Gasteiger partial charge on any atom is -0.343 e. The topological polar surface area (TPSA) is 20.3 Å². The van der Waals surface area contributed by atoms with Gasteiger partial charge in [-0.15, -0.1) is 0 Å². The molecule has 1 amide bonds. The summed E-state index contributed by atoms with van der Waals surface area (Å²) in [4.78, 5) is 13.5. The molecular formula is C9H15NO. The largest absolute Gasteiger partial charge is 0.343 e. The van der Waals surface area contributed by atoms with Crippen LogP contribution in [0, 0.1) is 11.8 Å². The lowest BCUT2D eigenvalue weighted by molar-refractivity contribution is -0.131. The van der Waals surface area contributed by atoms with Crippen molar-refractivity contribution < 1.29 is 4.79 Å². The molecule has 2 heteroatoms. The van der Waals surface area contributed by atoms with Gasteiger partial charge < -0.3 is 4.90 Å². The molecule has 1 aliphatic carbocycles.